The van der Waals surface area contributed by atoms with Crippen molar-refractivity contribution in [3.05, 3.63) is 78.4 Å². The summed E-state index contributed by atoms with van der Waals surface area (Å²) in [6, 6.07) is 18.3. The molecule has 4 aromatic rings. The van der Waals surface area contributed by atoms with Gasteiger partial charge in [-0.25, -0.2) is 15.0 Å². The summed E-state index contributed by atoms with van der Waals surface area (Å²) in [5.74, 6) is 1.53. The SMILES string of the molecule is Cc1cc(Nc2ncnc3ccc(NC4=N[C@H](C)[C@H](C)O4)cc23)ccc1OCc1ccccn1. The second-order valence-electron chi connectivity index (χ2n) is 8.29. The standard InChI is InChI=1S/C26H26N6O2/c1-16-12-19(8-10-24(16)33-14-21-6-4-5-11-27-21)31-25-22-13-20(7-9-23(22)28-15-29-25)32-26-30-17(2)18(3)34-26/h4-13,15,17-18H,14H2,1-3H3,(H,30,32)(H,28,29,31)/t17-,18+/m1/s1. The summed E-state index contributed by atoms with van der Waals surface area (Å²) in [5, 5.41) is 7.56. The van der Waals surface area contributed by atoms with Gasteiger partial charge in [-0.3, -0.25) is 4.98 Å². The number of aromatic nitrogens is 3. The Labute approximate surface area is 198 Å². The number of pyridine rings is 1. The predicted octanol–water partition coefficient (Wildman–Crippen LogP) is 5.23. The van der Waals surface area contributed by atoms with Crippen LogP contribution >= 0.6 is 0 Å². The fourth-order valence-electron chi connectivity index (χ4n) is 3.68. The summed E-state index contributed by atoms with van der Waals surface area (Å²) in [7, 11) is 0. The van der Waals surface area contributed by atoms with Crippen LogP contribution in [0.2, 0.25) is 0 Å². The normalized spacial score (nSPS) is 17.2. The van der Waals surface area contributed by atoms with Crippen LogP contribution in [0.5, 0.6) is 5.75 Å². The molecule has 2 aromatic carbocycles. The molecule has 0 aliphatic carbocycles. The van der Waals surface area contributed by atoms with E-state index in [9.17, 15) is 0 Å². The van der Waals surface area contributed by atoms with Crippen molar-refractivity contribution in [3.8, 4) is 5.75 Å². The lowest BCUT2D eigenvalue weighted by molar-refractivity contribution is 0.218. The molecule has 5 rings (SSSR count). The Hall–Kier alpha value is -4.20. The smallest absolute Gasteiger partial charge is 0.289 e. The van der Waals surface area contributed by atoms with E-state index in [-0.39, 0.29) is 12.1 Å². The first-order valence-electron chi connectivity index (χ1n) is 11.2. The lowest BCUT2D eigenvalue weighted by Crippen LogP contribution is -2.17. The average molecular weight is 455 g/mol. The van der Waals surface area contributed by atoms with Crippen LogP contribution in [0.3, 0.4) is 0 Å². The molecular formula is C26H26N6O2. The zero-order valence-corrected chi connectivity index (χ0v) is 19.3. The predicted molar refractivity (Wildman–Crippen MR) is 134 cm³/mol. The summed E-state index contributed by atoms with van der Waals surface area (Å²) in [6.07, 6.45) is 3.38. The molecule has 0 spiro atoms. The number of amidine groups is 1. The van der Waals surface area contributed by atoms with E-state index in [1.165, 1.54) is 0 Å². The minimum atomic E-state index is 0.0580. The van der Waals surface area contributed by atoms with E-state index in [0.29, 0.717) is 18.4 Å². The van der Waals surface area contributed by atoms with Crippen LogP contribution in [0.1, 0.15) is 25.1 Å². The Bertz CT molecular complexity index is 1340. The van der Waals surface area contributed by atoms with Crippen LogP contribution in [0, 0.1) is 6.92 Å². The molecule has 2 N–H and O–H groups in total. The lowest BCUT2D eigenvalue weighted by atomic mass is 10.1. The second kappa shape index (κ2) is 9.35. The molecule has 0 amide bonds. The minimum Gasteiger partial charge on any atom is -0.487 e. The largest absolute Gasteiger partial charge is 0.487 e. The molecule has 0 saturated heterocycles. The van der Waals surface area contributed by atoms with Gasteiger partial charge in [-0.15, -0.1) is 0 Å². The maximum atomic E-state index is 5.95. The van der Waals surface area contributed by atoms with Gasteiger partial charge in [-0.05, 0) is 74.9 Å². The third-order valence-electron chi connectivity index (χ3n) is 5.72. The van der Waals surface area contributed by atoms with Gasteiger partial charge in [-0.2, -0.15) is 0 Å². The van der Waals surface area contributed by atoms with Gasteiger partial charge in [0.2, 0.25) is 0 Å². The van der Waals surface area contributed by atoms with E-state index < -0.39 is 0 Å². The van der Waals surface area contributed by atoms with Crippen LogP contribution in [0.25, 0.3) is 10.9 Å². The first kappa shape index (κ1) is 21.6. The number of nitrogens with one attached hydrogen (secondary N) is 2. The van der Waals surface area contributed by atoms with Gasteiger partial charge in [0.25, 0.3) is 6.02 Å². The molecule has 0 unspecified atom stereocenters. The van der Waals surface area contributed by atoms with Crippen molar-refractivity contribution in [3.63, 3.8) is 0 Å². The summed E-state index contributed by atoms with van der Waals surface area (Å²) >= 11 is 0. The van der Waals surface area contributed by atoms with Gasteiger partial charge in [-0.1, -0.05) is 6.07 Å². The van der Waals surface area contributed by atoms with Crippen molar-refractivity contribution < 1.29 is 9.47 Å². The highest BCUT2D eigenvalue weighted by Gasteiger charge is 2.23. The maximum Gasteiger partial charge on any atom is 0.289 e. The Balaban J connectivity index is 1.34. The molecule has 2 atom stereocenters. The molecule has 1 aliphatic rings. The molecular weight excluding hydrogens is 428 g/mol. The number of rotatable bonds is 6. The first-order valence-corrected chi connectivity index (χ1v) is 11.2. The third kappa shape index (κ3) is 4.76. The van der Waals surface area contributed by atoms with Crippen LogP contribution < -0.4 is 15.4 Å². The quantitative estimate of drug-likeness (QED) is 0.412. The Morgan fingerprint density at radius 3 is 2.56 bits per heavy atom. The summed E-state index contributed by atoms with van der Waals surface area (Å²) < 4.78 is 11.7. The molecule has 8 heteroatoms. The Kier molecular flexibility index (Phi) is 5.95. The molecule has 2 aromatic heterocycles. The number of benzene rings is 2. The second-order valence-corrected chi connectivity index (χ2v) is 8.29. The molecule has 0 fully saturated rings. The van der Waals surface area contributed by atoms with Crippen molar-refractivity contribution in [2.24, 2.45) is 4.99 Å². The number of ether oxygens (including phenoxy) is 2. The molecule has 34 heavy (non-hydrogen) atoms. The number of anilines is 3. The first-order chi connectivity index (χ1) is 16.5. The van der Waals surface area contributed by atoms with E-state index in [0.717, 1.165) is 39.3 Å². The minimum absolute atomic E-state index is 0.0580. The van der Waals surface area contributed by atoms with Crippen LogP contribution in [-0.4, -0.2) is 33.1 Å². The third-order valence-corrected chi connectivity index (χ3v) is 5.72. The van der Waals surface area contributed by atoms with Crippen molar-refractivity contribution in [1.82, 2.24) is 15.0 Å². The number of hydrogen-bond acceptors (Lipinski definition) is 8. The van der Waals surface area contributed by atoms with Crippen molar-refractivity contribution in [2.45, 2.75) is 39.5 Å². The molecule has 3 heterocycles. The number of hydrogen-bond donors (Lipinski definition) is 2. The summed E-state index contributed by atoms with van der Waals surface area (Å²) in [4.78, 5) is 17.7. The number of nitrogens with zero attached hydrogens (tertiary/aromatic N) is 4. The number of fused-ring (bicyclic) bond motifs is 1. The van der Waals surface area contributed by atoms with E-state index in [1.807, 2.05) is 75.4 Å². The zero-order chi connectivity index (χ0) is 23.5. The van der Waals surface area contributed by atoms with Crippen LogP contribution in [0.15, 0.2) is 72.1 Å². The van der Waals surface area contributed by atoms with Crippen molar-refractivity contribution >= 4 is 34.1 Å². The molecule has 172 valence electrons. The highest BCUT2D eigenvalue weighted by atomic mass is 16.5. The number of aliphatic imine (C=N–C) groups is 1. The average Bonchev–Trinajstić information content (AvgIpc) is 3.16. The fourth-order valence-corrected chi connectivity index (χ4v) is 3.68. The molecule has 8 nitrogen and oxygen atoms in total. The van der Waals surface area contributed by atoms with Gasteiger partial charge in [0.1, 0.15) is 30.6 Å². The summed E-state index contributed by atoms with van der Waals surface area (Å²) in [5.41, 5.74) is 4.51. The lowest BCUT2D eigenvalue weighted by Gasteiger charge is -2.13. The summed E-state index contributed by atoms with van der Waals surface area (Å²) in [6.45, 7) is 6.49. The topological polar surface area (TPSA) is 93.6 Å². The fraction of sp³-hybridized carbons (Fsp3) is 0.231. The van der Waals surface area contributed by atoms with Crippen LogP contribution in [0.4, 0.5) is 17.2 Å². The maximum absolute atomic E-state index is 5.95. The van der Waals surface area contributed by atoms with Gasteiger partial charge in [0.15, 0.2) is 0 Å². The van der Waals surface area contributed by atoms with Crippen LogP contribution in [-0.2, 0) is 11.3 Å². The van der Waals surface area contributed by atoms with E-state index >= 15 is 0 Å². The Morgan fingerprint density at radius 2 is 1.79 bits per heavy atom. The van der Waals surface area contributed by atoms with Gasteiger partial charge >= 0.3 is 0 Å². The number of aryl methyl sites for hydroxylation is 1. The highest BCUT2D eigenvalue weighted by molar-refractivity contribution is 5.97. The molecule has 0 radical (unpaired) electrons. The molecule has 0 bridgehead atoms. The van der Waals surface area contributed by atoms with Gasteiger partial charge < -0.3 is 20.1 Å². The van der Waals surface area contributed by atoms with E-state index in [1.54, 1.807) is 12.5 Å². The molecule has 0 saturated carbocycles. The van der Waals surface area contributed by atoms with Gasteiger partial charge in [0, 0.05) is 23.0 Å². The highest BCUT2D eigenvalue weighted by Crippen LogP contribution is 2.29. The zero-order valence-electron chi connectivity index (χ0n) is 19.3. The van der Waals surface area contributed by atoms with Crippen molar-refractivity contribution in [2.75, 3.05) is 10.6 Å². The van der Waals surface area contributed by atoms with Crippen molar-refractivity contribution in [1.29, 1.82) is 0 Å². The van der Waals surface area contributed by atoms with Gasteiger partial charge in [0.05, 0.1) is 17.3 Å². The Morgan fingerprint density at radius 1 is 0.941 bits per heavy atom. The molecule has 1 aliphatic heterocycles. The monoisotopic (exact) mass is 454 g/mol. The van der Waals surface area contributed by atoms with E-state index in [2.05, 4.69) is 30.6 Å². The van der Waals surface area contributed by atoms with E-state index in [4.69, 9.17) is 9.47 Å².